The van der Waals surface area contributed by atoms with Crippen molar-refractivity contribution in [3.05, 3.63) is 72.3 Å². The van der Waals surface area contributed by atoms with Crippen LogP contribution in [0.4, 0.5) is 0 Å². The van der Waals surface area contributed by atoms with Gasteiger partial charge in [-0.05, 0) is 36.3 Å². The van der Waals surface area contributed by atoms with Gasteiger partial charge in [-0.1, -0.05) is 92.9 Å². The van der Waals surface area contributed by atoms with E-state index < -0.39 is 59.3 Å². The van der Waals surface area contributed by atoms with Gasteiger partial charge in [0.25, 0.3) is 0 Å². The third-order valence-electron chi connectivity index (χ3n) is 10.2. The molecule has 6 rings (SSSR count). The van der Waals surface area contributed by atoms with Crippen molar-refractivity contribution in [1.29, 1.82) is 0 Å². The molecular weight excluding hydrogens is 600 g/mol. The summed E-state index contributed by atoms with van der Waals surface area (Å²) in [7, 11) is 0. The number of nitrogens with zero attached hydrogens (tertiary/aromatic N) is 3. The van der Waals surface area contributed by atoms with E-state index in [9.17, 15) is 29.5 Å². The van der Waals surface area contributed by atoms with E-state index in [0.29, 0.717) is 23.6 Å². The normalized spacial score (nSPS) is 25.4. The number of oxime groups is 1. The molecular formula is C36H42N4O7. The number of nitrogens with one attached hydrogen (secondary N) is 1. The van der Waals surface area contributed by atoms with Gasteiger partial charge >= 0.3 is 5.97 Å². The maximum Gasteiger partial charge on any atom is 0.330 e. The fourth-order valence-corrected chi connectivity index (χ4v) is 7.42. The minimum Gasteiger partial charge on any atom is -0.479 e. The van der Waals surface area contributed by atoms with Crippen LogP contribution in [0.2, 0.25) is 0 Å². The third kappa shape index (κ3) is 5.93. The van der Waals surface area contributed by atoms with Crippen LogP contribution >= 0.6 is 0 Å². The smallest absolute Gasteiger partial charge is 0.330 e. The van der Waals surface area contributed by atoms with Gasteiger partial charge in [-0.25, -0.2) is 9.86 Å². The molecule has 0 unspecified atom stereocenters. The van der Waals surface area contributed by atoms with Crippen molar-refractivity contribution in [1.82, 2.24) is 15.3 Å². The second-order valence-corrected chi connectivity index (χ2v) is 13.5. The molecule has 1 heterocycles. The maximum atomic E-state index is 14.3. The van der Waals surface area contributed by atoms with Gasteiger partial charge < -0.3 is 20.2 Å². The number of hydrogen-bond acceptors (Lipinski definition) is 7. The highest BCUT2D eigenvalue weighted by Crippen LogP contribution is 2.45. The molecule has 248 valence electrons. The van der Waals surface area contributed by atoms with Crippen LogP contribution in [-0.2, 0) is 24.0 Å². The molecule has 1 saturated heterocycles. The van der Waals surface area contributed by atoms with Crippen molar-refractivity contribution in [2.45, 2.75) is 82.5 Å². The topological polar surface area (TPSA) is 149 Å². The van der Waals surface area contributed by atoms with E-state index in [1.807, 2.05) is 48.5 Å². The lowest BCUT2D eigenvalue weighted by atomic mass is 9.88. The first kappa shape index (κ1) is 32.4. The van der Waals surface area contributed by atoms with E-state index >= 15 is 0 Å². The number of carbonyl (C=O) groups is 4. The lowest BCUT2D eigenvalue weighted by Gasteiger charge is -2.35. The number of aliphatic carboxylic acids is 1. The van der Waals surface area contributed by atoms with E-state index in [0.717, 1.165) is 41.5 Å². The molecule has 4 aliphatic rings. The Hall–Kier alpha value is -4.51. The highest BCUT2D eigenvalue weighted by molar-refractivity contribution is 6.24. The Morgan fingerprint density at radius 3 is 2.15 bits per heavy atom. The van der Waals surface area contributed by atoms with Gasteiger partial charge in [-0.3, -0.25) is 19.6 Å². The summed E-state index contributed by atoms with van der Waals surface area (Å²) >= 11 is 0. The molecule has 2 saturated carbocycles. The number of likely N-dealkylation sites (tertiary alicyclic amines) is 1. The number of hydroxylamine groups is 2. The molecule has 0 spiro atoms. The van der Waals surface area contributed by atoms with Crippen LogP contribution in [0.3, 0.4) is 0 Å². The standard InChI is InChI=1S/C36H42N4O7/c1-4-23-19-36(23,35(44)45)37-32(41)29-18-24(47-38-30-27-16-10-8-14-25(27)26-15-9-11-17-28(26)30)20-39(29)34(43)31(21(2)3)40(46)33(42)22-12-6-5-7-13-22/h4,8-11,14-17,21-24,29,31,46H,1,5-7,12-13,18-20H2,2-3H3,(H,37,41)(H,44,45)/t23-,24-,29+,31-,36+/m1/s1. The van der Waals surface area contributed by atoms with Crippen LogP contribution in [-0.4, -0.2) is 80.0 Å². The summed E-state index contributed by atoms with van der Waals surface area (Å²) in [6, 6.07) is 13.4. The minimum absolute atomic E-state index is 0.0406. The first-order valence-electron chi connectivity index (χ1n) is 16.5. The SMILES string of the molecule is C=C[C@@H]1C[C@@]1(NC(=O)[C@@H]1C[C@@H](ON=C2c3ccccc3-c3ccccc32)CN1C(=O)[C@@H](C(C)C)N(O)C(=O)C1CCCCC1)C(=O)O. The van der Waals surface area contributed by atoms with Gasteiger partial charge in [0.1, 0.15) is 29.4 Å². The second kappa shape index (κ2) is 12.9. The van der Waals surface area contributed by atoms with Crippen LogP contribution in [0, 0.1) is 17.8 Å². The molecule has 2 aromatic carbocycles. The second-order valence-electron chi connectivity index (χ2n) is 13.5. The molecule has 2 aromatic rings. The molecule has 11 nitrogen and oxygen atoms in total. The average molecular weight is 643 g/mol. The van der Waals surface area contributed by atoms with Crippen molar-refractivity contribution in [2.75, 3.05) is 6.54 Å². The molecule has 0 radical (unpaired) electrons. The number of carboxylic acids is 1. The Morgan fingerprint density at radius 1 is 1.02 bits per heavy atom. The Kier molecular flexibility index (Phi) is 8.93. The van der Waals surface area contributed by atoms with Gasteiger partial charge in [0.05, 0.1) is 6.54 Å². The molecule has 0 bridgehead atoms. The molecule has 1 aliphatic heterocycles. The Bertz CT molecular complexity index is 1570. The van der Waals surface area contributed by atoms with Crippen molar-refractivity contribution >= 4 is 29.4 Å². The molecule has 0 aromatic heterocycles. The summed E-state index contributed by atoms with van der Waals surface area (Å²) in [6.07, 6.45) is 5.10. The zero-order valence-corrected chi connectivity index (χ0v) is 26.8. The molecule has 47 heavy (non-hydrogen) atoms. The molecule has 3 aliphatic carbocycles. The minimum atomic E-state index is -1.50. The highest BCUT2D eigenvalue weighted by Gasteiger charge is 2.61. The third-order valence-corrected chi connectivity index (χ3v) is 10.2. The van der Waals surface area contributed by atoms with Crippen LogP contribution in [0.5, 0.6) is 0 Å². The molecule has 3 N–H and O–H groups in total. The molecule has 5 atom stereocenters. The number of carbonyl (C=O) groups excluding carboxylic acids is 3. The number of carboxylic acid groups (broad SMARTS) is 1. The lowest BCUT2D eigenvalue weighted by Crippen LogP contribution is -2.58. The Morgan fingerprint density at radius 2 is 1.62 bits per heavy atom. The quantitative estimate of drug-likeness (QED) is 0.169. The number of hydrogen-bond donors (Lipinski definition) is 3. The van der Waals surface area contributed by atoms with Crippen LogP contribution in [0.15, 0.2) is 66.3 Å². The van der Waals surface area contributed by atoms with Crippen LogP contribution in [0.25, 0.3) is 11.1 Å². The highest BCUT2D eigenvalue weighted by atomic mass is 16.6. The predicted octanol–water partition coefficient (Wildman–Crippen LogP) is 4.37. The van der Waals surface area contributed by atoms with Gasteiger partial charge in [0, 0.05) is 29.4 Å². The summed E-state index contributed by atoms with van der Waals surface area (Å²) in [4.78, 5) is 61.0. The first-order chi connectivity index (χ1) is 22.6. The lowest BCUT2D eigenvalue weighted by molar-refractivity contribution is -0.192. The number of benzene rings is 2. The summed E-state index contributed by atoms with van der Waals surface area (Å²) in [5.74, 6) is -4.22. The van der Waals surface area contributed by atoms with Gasteiger partial charge in [0.15, 0.2) is 0 Å². The largest absolute Gasteiger partial charge is 0.479 e. The Labute approximate surface area is 274 Å². The molecule has 11 heteroatoms. The average Bonchev–Trinajstić information content (AvgIpc) is 3.47. The fourth-order valence-electron chi connectivity index (χ4n) is 7.42. The van der Waals surface area contributed by atoms with Crippen LogP contribution in [0.1, 0.15) is 69.9 Å². The monoisotopic (exact) mass is 642 g/mol. The van der Waals surface area contributed by atoms with Crippen LogP contribution < -0.4 is 5.32 Å². The van der Waals surface area contributed by atoms with Gasteiger partial charge in [-0.2, -0.15) is 0 Å². The zero-order valence-electron chi connectivity index (χ0n) is 26.8. The Balaban J connectivity index is 1.28. The van der Waals surface area contributed by atoms with Gasteiger partial charge in [0.2, 0.25) is 17.7 Å². The molecule has 3 fully saturated rings. The van der Waals surface area contributed by atoms with Crippen molar-refractivity contribution in [3.8, 4) is 11.1 Å². The summed E-state index contributed by atoms with van der Waals surface area (Å²) in [6.45, 7) is 7.12. The predicted molar refractivity (Wildman–Crippen MR) is 173 cm³/mol. The summed E-state index contributed by atoms with van der Waals surface area (Å²) < 4.78 is 0. The number of rotatable bonds is 10. The van der Waals surface area contributed by atoms with E-state index in [1.165, 1.54) is 11.0 Å². The van der Waals surface area contributed by atoms with E-state index in [-0.39, 0.29) is 25.3 Å². The van der Waals surface area contributed by atoms with E-state index in [4.69, 9.17) is 4.84 Å². The summed E-state index contributed by atoms with van der Waals surface area (Å²) in [5.41, 5.74) is 2.99. The maximum absolute atomic E-state index is 14.3. The number of amides is 3. The first-order valence-corrected chi connectivity index (χ1v) is 16.5. The van der Waals surface area contributed by atoms with Crippen molar-refractivity contribution in [3.63, 3.8) is 0 Å². The fraction of sp³-hybridized carbons (Fsp3) is 0.472. The summed E-state index contributed by atoms with van der Waals surface area (Å²) in [5, 5.41) is 28.9. The van der Waals surface area contributed by atoms with Gasteiger partial charge in [-0.15, -0.1) is 6.58 Å². The van der Waals surface area contributed by atoms with E-state index in [2.05, 4.69) is 17.1 Å². The zero-order chi connectivity index (χ0) is 33.5. The van der Waals surface area contributed by atoms with Crippen molar-refractivity contribution < 1.29 is 34.3 Å². The number of fused-ring (bicyclic) bond motifs is 3. The molecule has 3 amide bonds. The van der Waals surface area contributed by atoms with Crippen molar-refractivity contribution in [2.24, 2.45) is 22.9 Å². The van der Waals surface area contributed by atoms with E-state index in [1.54, 1.807) is 13.8 Å².